The van der Waals surface area contributed by atoms with Gasteiger partial charge in [-0.05, 0) is 38.5 Å². The molecule has 8 nitrogen and oxygen atoms in total. The third-order valence-corrected chi connectivity index (χ3v) is 12.7. The van der Waals surface area contributed by atoms with Gasteiger partial charge in [-0.2, -0.15) is 0 Å². The lowest BCUT2D eigenvalue weighted by atomic mass is 10.0. The molecule has 356 valence electrons. The summed E-state index contributed by atoms with van der Waals surface area (Å²) in [6.45, 7) is 4.88. The minimum absolute atomic E-state index is 0.0750. The van der Waals surface area contributed by atoms with Gasteiger partial charge in [-0.3, -0.25) is 13.8 Å². The molecule has 0 aromatic heterocycles. The number of phosphoric acid groups is 1. The summed E-state index contributed by atoms with van der Waals surface area (Å²) in [5.74, 6) is -0.146. The summed E-state index contributed by atoms with van der Waals surface area (Å²) in [5, 5.41) is 14.0. The van der Waals surface area contributed by atoms with Crippen LogP contribution in [-0.2, 0) is 18.4 Å². The van der Waals surface area contributed by atoms with Gasteiger partial charge in [-0.1, -0.05) is 224 Å². The quantitative estimate of drug-likeness (QED) is 0.0243. The highest BCUT2D eigenvalue weighted by molar-refractivity contribution is 7.47. The molecular formula is C51H102N2O6P+. The number of aliphatic hydroxyl groups is 1. The number of allylic oxidation sites excluding steroid dienone is 4. The van der Waals surface area contributed by atoms with Crippen molar-refractivity contribution >= 4 is 13.7 Å². The number of carbonyl (C=O) groups excluding carboxylic acids is 1. The molecule has 3 unspecified atom stereocenters. The first kappa shape index (κ1) is 59.0. The van der Waals surface area contributed by atoms with Crippen LogP contribution in [0.4, 0.5) is 0 Å². The molecule has 3 atom stereocenters. The number of carbonyl (C=O) groups is 1. The topological polar surface area (TPSA) is 105 Å². The van der Waals surface area contributed by atoms with Gasteiger partial charge in [-0.25, -0.2) is 4.57 Å². The number of unbranched alkanes of at least 4 members (excludes halogenated alkanes) is 31. The molecule has 9 heteroatoms. The monoisotopic (exact) mass is 870 g/mol. The fourth-order valence-electron chi connectivity index (χ4n) is 7.63. The van der Waals surface area contributed by atoms with Crippen molar-refractivity contribution in [1.82, 2.24) is 5.32 Å². The molecule has 0 aliphatic rings. The minimum atomic E-state index is -4.32. The Bertz CT molecular complexity index is 1030. The van der Waals surface area contributed by atoms with E-state index in [1.54, 1.807) is 0 Å². The first-order chi connectivity index (χ1) is 29.0. The van der Waals surface area contributed by atoms with E-state index in [1.807, 2.05) is 21.1 Å². The van der Waals surface area contributed by atoms with E-state index in [1.165, 1.54) is 180 Å². The molecule has 0 aliphatic heterocycles. The van der Waals surface area contributed by atoms with Crippen LogP contribution < -0.4 is 5.32 Å². The smallest absolute Gasteiger partial charge is 0.391 e. The zero-order valence-corrected chi connectivity index (χ0v) is 41.4. The fraction of sp³-hybridized carbons (Fsp3) is 0.902. The van der Waals surface area contributed by atoms with Crippen molar-refractivity contribution in [3.63, 3.8) is 0 Å². The molecule has 0 fully saturated rings. The van der Waals surface area contributed by atoms with E-state index < -0.39 is 20.0 Å². The van der Waals surface area contributed by atoms with E-state index in [0.29, 0.717) is 23.9 Å². The van der Waals surface area contributed by atoms with Gasteiger partial charge in [-0.15, -0.1) is 0 Å². The largest absolute Gasteiger partial charge is 0.472 e. The second kappa shape index (κ2) is 43.2. The van der Waals surface area contributed by atoms with E-state index in [9.17, 15) is 19.4 Å². The van der Waals surface area contributed by atoms with Crippen LogP contribution in [0.25, 0.3) is 0 Å². The highest BCUT2D eigenvalue weighted by atomic mass is 31.2. The predicted octanol–water partition coefficient (Wildman–Crippen LogP) is 14.9. The first-order valence-electron chi connectivity index (χ1n) is 25.7. The summed E-state index contributed by atoms with van der Waals surface area (Å²) in [5.41, 5.74) is 0. The van der Waals surface area contributed by atoms with Gasteiger partial charge in [0.15, 0.2) is 0 Å². The average Bonchev–Trinajstić information content (AvgIpc) is 3.20. The summed E-state index contributed by atoms with van der Waals surface area (Å²) in [7, 11) is 1.62. The summed E-state index contributed by atoms with van der Waals surface area (Å²) >= 11 is 0. The Kier molecular flexibility index (Phi) is 42.5. The number of amides is 1. The molecule has 0 rings (SSSR count). The number of hydrogen-bond acceptors (Lipinski definition) is 5. The lowest BCUT2D eigenvalue weighted by Crippen LogP contribution is -2.46. The maximum Gasteiger partial charge on any atom is 0.472 e. The van der Waals surface area contributed by atoms with Gasteiger partial charge in [0, 0.05) is 6.42 Å². The number of likely N-dealkylation sites (N-methyl/N-ethyl adjacent to an activating group) is 1. The number of phosphoric ester groups is 1. The molecule has 0 saturated carbocycles. The van der Waals surface area contributed by atoms with Crippen LogP contribution in [0.2, 0.25) is 0 Å². The van der Waals surface area contributed by atoms with Crippen molar-refractivity contribution in [1.29, 1.82) is 0 Å². The fourth-order valence-corrected chi connectivity index (χ4v) is 8.36. The maximum atomic E-state index is 12.9. The van der Waals surface area contributed by atoms with E-state index >= 15 is 0 Å². The van der Waals surface area contributed by atoms with Crippen molar-refractivity contribution in [2.24, 2.45) is 0 Å². The second-order valence-corrected chi connectivity index (χ2v) is 20.4. The van der Waals surface area contributed by atoms with Gasteiger partial charge < -0.3 is 19.8 Å². The van der Waals surface area contributed by atoms with Crippen molar-refractivity contribution in [3.05, 3.63) is 24.3 Å². The number of quaternary nitrogens is 1. The maximum absolute atomic E-state index is 12.9. The third-order valence-electron chi connectivity index (χ3n) is 11.7. The molecule has 0 heterocycles. The van der Waals surface area contributed by atoms with Crippen molar-refractivity contribution < 1.29 is 32.9 Å². The van der Waals surface area contributed by atoms with E-state index in [-0.39, 0.29) is 19.1 Å². The Morgan fingerprint density at radius 1 is 0.567 bits per heavy atom. The predicted molar refractivity (Wildman–Crippen MR) is 258 cm³/mol. The van der Waals surface area contributed by atoms with E-state index in [2.05, 4.69) is 43.5 Å². The number of nitrogens with one attached hydrogen (secondary N) is 1. The average molecular weight is 870 g/mol. The Morgan fingerprint density at radius 2 is 0.933 bits per heavy atom. The minimum Gasteiger partial charge on any atom is -0.391 e. The zero-order valence-electron chi connectivity index (χ0n) is 40.5. The van der Waals surface area contributed by atoms with Gasteiger partial charge in [0.05, 0.1) is 39.9 Å². The van der Waals surface area contributed by atoms with Crippen LogP contribution in [0, 0.1) is 0 Å². The number of hydrogen-bond donors (Lipinski definition) is 3. The molecule has 1 amide bonds. The van der Waals surface area contributed by atoms with E-state index in [0.717, 1.165) is 38.5 Å². The lowest BCUT2D eigenvalue weighted by molar-refractivity contribution is -0.870. The van der Waals surface area contributed by atoms with Crippen molar-refractivity contribution in [3.8, 4) is 0 Å². The Labute approximate surface area is 373 Å². The first-order valence-corrected chi connectivity index (χ1v) is 27.2. The zero-order chi connectivity index (χ0) is 44.3. The van der Waals surface area contributed by atoms with Crippen LogP contribution in [0.3, 0.4) is 0 Å². The van der Waals surface area contributed by atoms with Crippen LogP contribution in [0.15, 0.2) is 24.3 Å². The van der Waals surface area contributed by atoms with Crippen molar-refractivity contribution in [2.75, 3.05) is 40.9 Å². The van der Waals surface area contributed by atoms with Gasteiger partial charge in [0.1, 0.15) is 13.2 Å². The highest BCUT2D eigenvalue weighted by Crippen LogP contribution is 2.43. The van der Waals surface area contributed by atoms with Crippen molar-refractivity contribution in [2.45, 2.75) is 257 Å². The second-order valence-electron chi connectivity index (χ2n) is 18.9. The van der Waals surface area contributed by atoms with Crippen LogP contribution in [-0.4, -0.2) is 73.4 Å². The summed E-state index contributed by atoms with van der Waals surface area (Å²) in [4.78, 5) is 23.3. The molecular weight excluding hydrogens is 768 g/mol. The molecule has 0 saturated heterocycles. The molecule has 0 radical (unpaired) electrons. The molecule has 0 spiro atoms. The molecule has 3 N–H and O–H groups in total. The molecule has 0 aromatic rings. The summed E-state index contributed by atoms with van der Waals surface area (Å²) in [6, 6.07) is -0.760. The molecule has 0 bridgehead atoms. The Hall–Kier alpha value is -1.02. The SMILES string of the molecule is CCCCC/C=C\C=C/CCCCCCCCCCCCC(=O)NC(COP(=O)(O)OCC[N+](C)(C)C)C(O)CCCCCCCCCCCCCCCCCCCCC. The summed E-state index contributed by atoms with van der Waals surface area (Å²) < 4.78 is 23.7. The lowest BCUT2D eigenvalue weighted by Gasteiger charge is -2.26. The van der Waals surface area contributed by atoms with Gasteiger partial charge >= 0.3 is 7.82 Å². The van der Waals surface area contributed by atoms with Crippen LogP contribution >= 0.6 is 7.82 Å². The molecule has 0 aliphatic carbocycles. The Morgan fingerprint density at radius 3 is 1.37 bits per heavy atom. The standard InChI is InChI=1S/C51H101N2O6P/c1-6-8-10-12-14-16-18-20-22-24-26-28-30-32-34-36-38-40-42-44-50(54)49(48-59-60(56,57)58-47-46-53(3,4)5)52-51(55)45-43-41-39-37-35-33-31-29-27-25-23-21-19-17-15-13-11-9-7-2/h15,17,19,21,49-50,54H,6-14,16,18,20,22-48H2,1-5H3,(H-,52,55,56,57)/p+1/b17-15-,21-19-. The van der Waals surface area contributed by atoms with E-state index in [4.69, 9.17) is 9.05 Å². The molecule has 60 heavy (non-hydrogen) atoms. The Balaban J connectivity index is 4.26. The van der Waals surface area contributed by atoms with Gasteiger partial charge in [0.25, 0.3) is 0 Å². The normalized spacial score (nSPS) is 14.3. The van der Waals surface area contributed by atoms with Crippen LogP contribution in [0.5, 0.6) is 0 Å². The highest BCUT2D eigenvalue weighted by Gasteiger charge is 2.28. The number of aliphatic hydroxyl groups excluding tert-OH is 1. The van der Waals surface area contributed by atoms with Gasteiger partial charge in [0.2, 0.25) is 5.91 Å². The number of nitrogens with zero attached hydrogens (tertiary/aromatic N) is 1. The number of rotatable bonds is 47. The summed E-state index contributed by atoms with van der Waals surface area (Å²) in [6.07, 6.45) is 52.0. The van der Waals surface area contributed by atoms with Crippen LogP contribution in [0.1, 0.15) is 245 Å². The third kappa shape index (κ3) is 45.0. The molecule has 0 aromatic carbocycles.